The second kappa shape index (κ2) is 7.11. The van der Waals surface area contributed by atoms with Gasteiger partial charge in [0.15, 0.2) is 0 Å². The molecule has 0 aliphatic carbocycles. The fourth-order valence-corrected chi connectivity index (χ4v) is 1.96. The fourth-order valence-electron chi connectivity index (χ4n) is 1.96. The van der Waals surface area contributed by atoms with Gasteiger partial charge in [-0.15, -0.1) is 0 Å². The lowest BCUT2D eigenvalue weighted by atomic mass is 9.84. The van der Waals surface area contributed by atoms with Gasteiger partial charge in [-0.1, -0.05) is 43.7 Å². The van der Waals surface area contributed by atoms with E-state index in [9.17, 15) is 9.59 Å². The number of aryl methyl sites for hydroxylation is 1. The molecule has 0 aliphatic heterocycles. The molecule has 0 fully saturated rings. The highest BCUT2D eigenvalue weighted by Gasteiger charge is 2.22. The van der Waals surface area contributed by atoms with Gasteiger partial charge in [0.1, 0.15) is 0 Å². The number of urea groups is 1. The molecular weight excluding hydrogens is 268 g/mol. The summed E-state index contributed by atoms with van der Waals surface area (Å²) in [7, 11) is 1.60. The number of aliphatic carboxylic acids is 1. The topological polar surface area (TPSA) is 69.6 Å². The van der Waals surface area contributed by atoms with Crippen LogP contribution < -0.4 is 5.32 Å². The molecule has 2 amide bonds. The normalized spacial score (nSPS) is 11.0. The van der Waals surface area contributed by atoms with Crippen LogP contribution in [-0.2, 0) is 10.2 Å². The van der Waals surface area contributed by atoms with E-state index < -0.39 is 5.97 Å². The number of carboxylic acids is 1. The monoisotopic (exact) mass is 292 g/mol. The summed E-state index contributed by atoms with van der Waals surface area (Å²) in [6.07, 6.45) is -0.0504. The van der Waals surface area contributed by atoms with Gasteiger partial charge in [-0.05, 0) is 12.5 Å². The lowest BCUT2D eigenvalue weighted by Crippen LogP contribution is -2.43. The number of hydrogen-bond acceptors (Lipinski definition) is 2. The van der Waals surface area contributed by atoms with E-state index in [4.69, 9.17) is 5.11 Å². The van der Waals surface area contributed by atoms with Gasteiger partial charge >= 0.3 is 12.0 Å². The Morgan fingerprint density at radius 1 is 1.33 bits per heavy atom. The standard InChI is InChI=1S/C16H24N2O3/c1-12-6-5-7-13(10-12)16(2,3)11-17-15(21)18(4)9-8-14(19)20/h5-7,10H,8-9,11H2,1-4H3,(H,17,21)(H,19,20). The van der Waals surface area contributed by atoms with Gasteiger partial charge in [0.25, 0.3) is 0 Å². The van der Waals surface area contributed by atoms with Crippen molar-refractivity contribution in [3.63, 3.8) is 0 Å². The summed E-state index contributed by atoms with van der Waals surface area (Å²) in [6.45, 7) is 6.87. The molecule has 0 radical (unpaired) electrons. The molecule has 21 heavy (non-hydrogen) atoms. The van der Waals surface area contributed by atoms with Crippen molar-refractivity contribution in [3.8, 4) is 0 Å². The number of nitrogens with zero attached hydrogens (tertiary/aromatic N) is 1. The molecule has 0 saturated heterocycles. The van der Waals surface area contributed by atoms with Crippen molar-refractivity contribution in [1.82, 2.24) is 10.2 Å². The molecule has 116 valence electrons. The zero-order valence-corrected chi connectivity index (χ0v) is 13.1. The van der Waals surface area contributed by atoms with Gasteiger partial charge in [0, 0.05) is 25.6 Å². The summed E-state index contributed by atoms with van der Waals surface area (Å²) in [5, 5.41) is 11.5. The molecule has 1 rings (SSSR count). The highest BCUT2D eigenvalue weighted by molar-refractivity contribution is 5.75. The van der Waals surface area contributed by atoms with Crippen LogP contribution in [0.5, 0.6) is 0 Å². The second-order valence-electron chi connectivity index (χ2n) is 5.98. The molecule has 1 aromatic rings. The highest BCUT2D eigenvalue weighted by Crippen LogP contribution is 2.23. The summed E-state index contributed by atoms with van der Waals surface area (Å²) in [5.74, 6) is -0.908. The molecule has 1 aromatic carbocycles. The van der Waals surface area contributed by atoms with Crippen molar-refractivity contribution in [1.29, 1.82) is 0 Å². The Morgan fingerprint density at radius 2 is 2.00 bits per heavy atom. The molecule has 0 atom stereocenters. The van der Waals surface area contributed by atoms with Crippen LogP contribution in [0.15, 0.2) is 24.3 Å². The van der Waals surface area contributed by atoms with E-state index in [1.54, 1.807) is 7.05 Å². The number of benzene rings is 1. The Balaban J connectivity index is 2.56. The molecule has 0 aromatic heterocycles. The first kappa shape index (κ1) is 17.0. The average Bonchev–Trinajstić information content (AvgIpc) is 2.42. The van der Waals surface area contributed by atoms with E-state index in [0.29, 0.717) is 6.54 Å². The van der Waals surface area contributed by atoms with Crippen LogP contribution in [-0.4, -0.2) is 42.1 Å². The molecule has 0 aliphatic rings. The quantitative estimate of drug-likeness (QED) is 0.846. The summed E-state index contributed by atoms with van der Waals surface area (Å²) in [4.78, 5) is 23.8. The van der Waals surface area contributed by atoms with E-state index in [2.05, 4.69) is 25.2 Å². The molecule has 2 N–H and O–H groups in total. The third-order valence-electron chi connectivity index (χ3n) is 3.49. The maximum Gasteiger partial charge on any atom is 0.317 e. The van der Waals surface area contributed by atoms with Crippen LogP contribution >= 0.6 is 0 Å². The van der Waals surface area contributed by atoms with Gasteiger partial charge in [-0.3, -0.25) is 4.79 Å². The fraction of sp³-hybridized carbons (Fsp3) is 0.500. The van der Waals surface area contributed by atoms with E-state index in [-0.39, 0.29) is 24.4 Å². The van der Waals surface area contributed by atoms with Gasteiger partial charge in [0.2, 0.25) is 0 Å². The molecule has 0 spiro atoms. The highest BCUT2D eigenvalue weighted by atomic mass is 16.4. The zero-order valence-electron chi connectivity index (χ0n) is 13.1. The van der Waals surface area contributed by atoms with Crippen molar-refractivity contribution in [3.05, 3.63) is 35.4 Å². The number of amides is 2. The number of hydrogen-bond donors (Lipinski definition) is 2. The Kier molecular flexibility index (Phi) is 5.76. The first-order chi connectivity index (χ1) is 9.72. The maximum atomic E-state index is 11.9. The van der Waals surface area contributed by atoms with E-state index in [1.807, 2.05) is 25.1 Å². The molecule has 5 nitrogen and oxygen atoms in total. The minimum atomic E-state index is -0.908. The summed E-state index contributed by atoms with van der Waals surface area (Å²) >= 11 is 0. The number of carbonyl (C=O) groups is 2. The van der Waals surface area contributed by atoms with Crippen LogP contribution in [0.25, 0.3) is 0 Å². The van der Waals surface area contributed by atoms with E-state index in [0.717, 1.165) is 5.56 Å². The first-order valence-corrected chi connectivity index (χ1v) is 7.00. The number of carboxylic acid groups (broad SMARTS) is 1. The van der Waals surface area contributed by atoms with E-state index >= 15 is 0 Å². The predicted molar refractivity (Wildman–Crippen MR) is 82.5 cm³/mol. The molecule has 0 heterocycles. The zero-order chi connectivity index (χ0) is 16.0. The van der Waals surface area contributed by atoms with Crippen molar-refractivity contribution < 1.29 is 14.7 Å². The minimum Gasteiger partial charge on any atom is -0.481 e. The van der Waals surface area contributed by atoms with E-state index in [1.165, 1.54) is 10.5 Å². The Hall–Kier alpha value is -2.04. The van der Waals surface area contributed by atoms with Crippen LogP contribution in [0.1, 0.15) is 31.4 Å². The number of nitrogens with one attached hydrogen (secondary N) is 1. The minimum absolute atomic E-state index is 0.0504. The lowest BCUT2D eigenvalue weighted by molar-refractivity contribution is -0.137. The van der Waals surface area contributed by atoms with Gasteiger partial charge < -0.3 is 15.3 Å². The SMILES string of the molecule is Cc1cccc(C(C)(C)CNC(=O)N(C)CCC(=O)O)c1. The van der Waals surface area contributed by atoms with Gasteiger partial charge in [0.05, 0.1) is 6.42 Å². The molecule has 5 heteroatoms. The number of rotatable bonds is 6. The summed E-state index contributed by atoms with van der Waals surface area (Å²) in [5.41, 5.74) is 2.16. The summed E-state index contributed by atoms with van der Waals surface area (Å²) < 4.78 is 0. The first-order valence-electron chi connectivity index (χ1n) is 7.00. The van der Waals surface area contributed by atoms with Crippen LogP contribution in [0.2, 0.25) is 0 Å². The third kappa shape index (κ3) is 5.45. The van der Waals surface area contributed by atoms with Crippen LogP contribution in [0, 0.1) is 6.92 Å². The van der Waals surface area contributed by atoms with Crippen molar-refractivity contribution in [2.24, 2.45) is 0 Å². The third-order valence-corrected chi connectivity index (χ3v) is 3.49. The maximum absolute atomic E-state index is 11.9. The summed E-state index contributed by atoms with van der Waals surface area (Å²) in [6, 6.07) is 7.95. The Morgan fingerprint density at radius 3 is 2.57 bits per heavy atom. The van der Waals surface area contributed by atoms with Crippen molar-refractivity contribution in [2.75, 3.05) is 20.1 Å². The lowest BCUT2D eigenvalue weighted by Gasteiger charge is -2.27. The largest absolute Gasteiger partial charge is 0.481 e. The van der Waals surface area contributed by atoms with Crippen molar-refractivity contribution >= 4 is 12.0 Å². The van der Waals surface area contributed by atoms with Gasteiger partial charge in [-0.25, -0.2) is 4.79 Å². The average molecular weight is 292 g/mol. The second-order valence-corrected chi connectivity index (χ2v) is 5.98. The molecule has 0 saturated carbocycles. The molecule has 0 bridgehead atoms. The predicted octanol–water partition coefficient (Wildman–Crippen LogP) is 2.39. The Labute approximate surface area is 126 Å². The smallest absolute Gasteiger partial charge is 0.317 e. The molecule has 0 unspecified atom stereocenters. The van der Waals surface area contributed by atoms with Crippen LogP contribution in [0.4, 0.5) is 4.79 Å². The molecular formula is C16H24N2O3. The Bertz CT molecular complexity index is 512. The van der Waals surface area contributed by atoms with Crippen molar-refractivity contribution in [2.45, 2.75) is 32.6 Å². The van der Waals surface area contributed by atoms with Gasteiger partial charge in [-0.2, -0.15) is 0 Å². The van der Waals surface area contributed by atoms with Crippen LogP contribution in [0.3, 0.4) is 0 Å². The number of carbonyl (C=O) groups excluding carboxylic acids is 1.